The third kappa shape index (κ3) is 4.17. The molecular formula is C9H15IN4O. The maximum Gasteiger partial charge on any atom is 0.236 e. The highest BCUT2D eigenvalue weighted by Gasteiger charge is 2.14. The number of nitrogens with one attached hydrogen (secondary N) is 1. The third-order valence-corrected chi connectivity index (χ3v) is 2.51. The van der Waals surface area contributed by atoms with Crippen LogP contribution in [0, 0.1) is 3.57 Å². The lowest BCUT2D eigenvalue weighted by Gasteiger charge is -2.14. The largest absolute Gasteiger partial charge is 0.368 e. The summed E-state index contributed by atoms with van der Waals surface area (Å²) in [5, 5.41) is 7.20. The molecule has 1 aromatic rings. The molecule has 0 radical (unpaired) electrons. The standard InChI is InChI=1S/C9H15IN4O/c1-2-3-12-8(9(11)15)6-14-5-7(10)4-13-14/h4-5,8,12H,2-3,6H2,1H3,(H2,11,15). The molecule has 0 spiro atoms. The molecule has 1 atom stereocenters. The van der Waals surface area contributed by atoms with Crippen LogP contribution in [-0.2, 0) is 11.3 Å². The number of halogens is 1. The van der Waals surface area contributed by atoms with E-state index in [0.717, 1.165) is 16.5 Å². The summed E-state index contributed by atoms with van der Waals surface area (Å²) in [6.07, 6.45) is 4.60. The van der Waals surface area contributed by atoms with Gasteiger partial charge in [0.05, 0.1) is 16.3 Å². The van der Waals surface area contributed by atoms with Crippen molar-refractivity contribution in [1.29, 1.82) is 0 Å². The Labute approximate surface area is 103 Å². The summed E-state index contributed by atoms with van der Waals surface area (Å²) >= 11 is 2.17. The molecule has 1 heterocycles. The first kappa shape index (κ1) is 12.4. The van der Waals surface area contributed by atoms with Gasteiger partial charge < -0.3 is 11.1 Å². The predicted molar refractivity (Wildman–Crippen MR) is 66.2 cm³/mol. The van der Waals surface area contributed by atoms with E-state index in [-0.39, 0.29) is 11.9 Å². The van der Waals surface area contributed by atoms with Gasteiger partial charge in [-0.2, -0.15) is 5.10 Å². The van der Waals surface area contributed by atoms with Gasteiger partial charge in [0.25, 0.3) is 0 Å². The topological polar surface area (TPSA) is 72.9 Å². The van der Waals surface area contributed by atoms with Crippen LogP contribution in [0.25, 0.3) is 0 Å². The number of amides is 1. The second kappa shape index (κ2) is 6.06. The van der Waals surface area contributed by atoms with Crippen LogP contribution in [0.4, 0.5) is 0 Å². The second-order valence-corrected chi connectivity index (χ2v) is 4.54. The van der Waals surface area contributed by atoms with Crippen LogP contribution in [0.15, 0.2) is 12.4 Å². The molecule has 0 bridgehead atoms. The molecule has 1 unspecified atom stereocenters. The highest BCUT2D eigenvalue weighted by Crippen LogP contribution is 2.01. The molecule has 1 amide bonds. The van der Waals surface area contributed by atoms with Crippen molar-refractivity contribution in [1.82, 2.24) is 15.1 Å². The molecule has 3 N–H and O–H groups in total. The van der Waals surface area contributed by atoms with Gasteiger partial charge in [0.15, 0.2) is 0 Å². The first-order chi connectivity index (χ1) is 7.13. The zero-order valence-corrected chi connectivity index (χ0v) is 10.8. The van der Waals surface area contributed by atoms with Gasteiger partial charge in [-0.25, -0.2) is 0 Å². The number of primary amides is 1. The zero-order valence-electron chi connectivity index (χ0n) is 8.61. The summed E-state index contributed by atoms with van der Waals surface area (Å²) < 4.78 is 2.77. The second-order valence-electron chi connectivity index (χ2n) is 3.29. The van der Waals surface area contributed by atoms with Gasteiger partial charge in [-0.1, -0.05) is 6.92 Å². The SMILES string of the molecule is CCCNC(Cn1cc(I)cn1)C(N)=O. The van der Waals surface area contributed by atoms with Crippen molar-refractivity contribution in [3.63, 3.8) is 0 Å². The van der Waals surface area contributed by atoms with Gasteiger partial charge in [-0.3, -0.25) is 9.48 Å². The van der Waals surface area contributed by atoms with E-state index in [2.05, 4.69) is 33.0 Å². The van der Waals surface area contributed by atoms with Crippen LogP contribution in [0.3, 0.4) is 0 Å². The Morgan fingerprint density at radius 1 is 1.80 bits per heavy atom. The average Bonchev–Trinajstić information content (AvgIpc) is 2.58. The van der Waals surface area contributed by atoms with Crippen molar-refractivity contribution in [2.75, 3.05) is 6.54 Å². The molecule has 6 heteroatoms. The fourth-order valence-electron chi connectivity index (χ4n) is 1.20. The number of rotatable bonds is 6. The molecule has 0 aromatic carbocycles. The molecule has 0 aliphatic carbocycles. The summed E-state index contributed by atoms with van der Waals surface area (Å²) in [6.45, 7) is 3.31. The number of nitrogens with two attached hydrogens (primary N) is 1. The minimum absolute atomic E-state index is 0.339. The monoisotopic (exact) mass is 322 g/mol. The average molecular weight is 322 g/mol. The van der Waals surface area contributed by atoms with Crippen LogP contribution >= 0.6 is 22.6 Å². The minimum atomic E-state index is -0.347. The molecule has 0 aliphatic rings. The summed E-state index contributed by atoms with van der Waals surface area (Å²) in [4.78, 5) is 11.1. The molecule has 0 aliphatic heterocycles. The summed E-state index contributed by atoms with van der Waals surface area (Å²) in [7, 11) is 0. The van der Waals surface area contributed by atoms with E-state index in [1.54, 1.807) is 10.9 Å². The Hall–Kier alpha value is -0.630. The lowest BCUT2D eigenvalue weighted by Crippen LogP contribution is -2.44. The smallest absolute Gasteiger partial charge is 0.236 e. The van der Waals surface area contributed by atoms with E-state index in [4.69, 9.17) is 5.73 Å². The first-order valence-electron chi connectivity index (χ1n) is 4.84. The van der Waals surface area contributed by atoms with Gasteiger partial charge in [0.1, 0.15) is 6.04 Å². The van der Waals surface area contributed by atoms with E-state index >= 15 is 0 Å². The maximum absolute atomic E-state index is 11.1. The van der Waals surface area contributed by atoms with E-state index in [1.807, 2.05) is 13.1 Å². The van der Waals surface area contributed by atoms with Crippen molar-refractivity contribution in [3.05, 3.63) is 16.0 Å². The molecule has 1 aromatic heterocycles. The van der Waals surface area contributed by atoms with Crippen molar-refractivity contribution >= 4 is 28.5 Å². The zero-order chi connectivity index (χ0) is 11.3. The fraction of sp³-hybridized carbons (Fsp3) is 0.556. The Bertz CT molecular complexity index is 326. The number of aromatic nitrogens is 2. The third-order valence-electron chi connectivity index (χ3n) is 1.96. The number of hydrogen-bond donors (Lipinski definition) is 2. The fourth-order valence-corrected chi connectivity index (χ4v) is 1.65. The Morgan fingerprint density at radius 3 is 3.00 bits per heavy atom. The molecule has 5 nitrogen and oxygen atoms in total. The van der Waals surface area contributed by atoms with E-state index < -0.39 is 0 Å². The Morgan fingerprint density at radius 2 is 2.53 bits per heavy atom. The van der Waals surface area contributed by atoms with Crippen LogP contribution in [0.1, 0.15) is 13.3 Å². The molecule has 0 fully saturated rings. The maximum atomic E-state index is 11.1. The Kier molecular flexibility index (Phi) is 5.03. The van der Waals surface area contributed by atoms with Crippen LogP contribution in [0.5, 0.6) is 0 Å². The van der Waals surface area contributed by atoms with Gasteiger partial charge in [0.2, 0.25) is 5.91 Å². The van der Waals surface area contributed by atoms with Gasteiger partial charge >= 0.3 is 0 Å². The van der Waals surface area contributed by atoms with Crippen LogP contribution < -0.4 is 11.1 Å². The molecule has 0 saturated carbocycles. The predicted octanol–water partition coefficient (Wildman–Crippen LogP) is 0.341. The van der Waals surface area contributed by atoms with Crippen molar-refractivity contribution < 1.29 is 4.79 Å². The number of carbonyl (C=O) groups excluding carboxylic acids is 1. The minimum Gasteiger partial charge on any atom is -0.368 e. The van der Waals surface area contributed by atoms with E-state index in [0.29, 0.717) is 6.54 Å². The summed E-state index contributed by atoms with van der Waals surface area (Å²) in [5.41, 5.74) is 5.29. The first-order valence-corrected chi connectivity index (χ1v) is 5.92. The lowest BCUT2D eigenvalue weighted by molar-refractivity contribution is -0.120. The van der Waals surface area contributed by atoms with E-state index in [9.17, 15) is 4.79 Å². The van der Waals surface area contributed by atoms with Gasteiger partial charge in [0, 0.05) is 6.20 Å². The molecule has 15 heavy (non-hydrogen) atoms. The van der Waals surface area contributed by atoms with Crippen molar-refractivity contribution in [2.24, 2.45) is 5.73 Å². The lowest BCUT2D eigenvalue weighted by atomic mass is 10.2. The quantitative estimate of drug-likeness (QED) is 0.742. The highest BCUT2D eigenvalue weighted by atomic mass is 127. The molecule has 0 saturated heterocycles. The van der Waals surface area contributed by atoms with E-state index in [1.165, 1.54) is 0 Å². The Balaban J connectivity index is 2.54. The van der Waals surface area contributed by atoms with Crippen LogP contribution in [0.2, 0.25) is 0 Å². The highest BCUT2D eigenvalue weighted by molar-refractivity contribution is 14.1. The summed E-state index contributed by atoms with van der Waals surface area (Å²) in [5.74, 6) is -0.339. The van der Waals surface area contributed by atoms with Crippen molar-refractivity contribution in [3.8, 4) is 0 Å². The van der Waals surface area contributed by atoms with Gasteiger partial charge in [-0.15, -0.1) is 0 Å². The normalized spacial score (nSPS) is 12.7. The van der Waals surface area contributed by atoms with Crippen molar-refractivity contribution in [2.45, 2.75) is 25.9 Å². The number of nitrogens with zero attached hydrogens (tertiary/aromatic N) is 2. The molecule has 1 rings (SSSR count). The number of carbonyl (C=O) groups is 1. The van der Waals surface area contributed by atoms with Crippen LogP contribution in [-0.4, -0.2) is 28.3 Å². The number of hydrogen-bond acceptors (Lipinski definition) is 3. The molecule has 84 valence electrons. The molecular weight excluding hydrogens is 307 g/mol. The van der Waals surface area contributed by atoms with Gasteiger partial charge in [-0.05, 0) is 35.6 Å². The summed E-state index contributed by atoms with van der Waals surface area (Å²) in [6, 6.07) is -0.347.